The Hall–Kier alpha value is -4.13. The van der Waals surface area contributed by atoms with Crippen molar-refractivity contribution >= 4 is 45.9 Å². The van der Waals surface area contributed by atoms with E-state index in [2.05, 4.69) is 72.8 Å². The highest BCUT2D eigenvalue weighted by atomic mass is 31.2. The number of anilines is 2. The van der Waals surface area contributed by atoms with Crippen LogP contribution < -0.4 is 20.8 Å². The second kappa shape index (κ2) is 10.4. The van der Waals surface area contributed by atoms with Gasteiger partial charge in [-0.1, -0.05) is 127 Å². The van der Waals surface area contributed by atoms with E-state index in [4.69, 9.17) is 0 Å². The molecule has 170 valence electrons. The van der Waals surface area contributed by atoms with Crippen molar-refractivity contribution in [2.24, 2.45) is 0 Å². The van der Waals surface area contributed by atoms with Gasteiger partial charge in [-0.25, -0.2) is 0 Å². The summed E-state index contributed by atoms with van der Waals surface area (Å²) in [7, 11) is 0. The summed E-state index contributed by atoms with van der Waals surface area (Å²) in [5.41, 5.74) is 1.68. The maximum Gasteiger partial charge on any atom is 0.256 e. The molecule has 2 nitrogen and oxygen atoms in total. The van der Waals surface area contributed by atoms with Gasteiger partial charge in [0.1, 0.15) is 0 Å². The second-order valence-electron chi connectivity index (χ2n) is 8.20. The first-order chi connectivity index (χ1) is 17.3. The first-order valence-electron chi connectivity index (χ1n) is 11.6. The number of nitrogens with zero attached hydrogens (tertiary/aromatic N) is 1. The zero-order valence-corrected chi connectivity index (χ0v) is 20.2. The lowest BCUT2D eigenvalue weighted by molar-refractivity contribution is -0.111. The molecule has 5 aromatic carbocycles. The largest absolute Gasteiger partial charge is 0.277 e. The molecule has 5 rings (SSSR count). The molecule has 0 fully saturated rings. The van der Waals surface area contributed by atoms with Crippen LogP contribution in [0.2, 0.25) is 0 Å². The quantitative estimate of drug-likeness (QED) is 0.272. The van der Waals surface area contributed by atoms with E-state index in [1.165, 1.54) is 0 Å². The van der Waals surface area contributed by atoms with Crippen LogP contribution >= 0.6 is 6.89 Å². The zero-order chi connectivity index (χ0) is 23.9. The Morgan fingerprint density at radius 1 is 0.457 bits per heavy atom. The number of rotatable bonds is 6. The van der Waals surface area contributed by atoms with E-state index < -0.39 is 6.89 Å². The van der Waals surface area contributed by atoms with Crippen LogP contribution in [0, 0.1) is 0 Å². The van der Waals surface area contributed by atoms with E-state index >= 15 is 0 Å². The summed E-state index contributed by atoms with van der Waals surface area (Å²) in [4.78, 5) is 16.2. The molecule has 0 aromatic heterocycles. The van der Waals surface area contributed by atoms with E-state index in [1.54, 1.807) is 0 Å². The average molecular weight is 472 g/mol. The SMILES string of the molecule is O=C(C=P(c1ccccc1)(c1ccccc1)c1ccccc1)N(c1ccccc1)c1ccccc1. The predicted octanol–water partition coefficient (Wildman–Crippen LogP) is 6.15. The van der Waals surface area contributed by atoms with Crippen molar-refractivity contribution in [2.45, 2.75) is 0 Å². The summed E-state index contributed by atoms with van der Waals surface area (Å²) >= 11 is 0. The van der Waals surface area contributed by atoms with E-state index in [0.29, 0.717) is 0 Å². The number of carbonyl (C=O) groups is 1. The minimum atomic E-state index is -2.42. The third-order valence-electron chi connectivity index (χ3n) is 6.04. The fourth-order valence-corrected chi connectivity index (χ4v) is 8.16. The summed E-state index contributed by atoms with van der Waals surface area (Å²) in [5.74, 6) is 1.93. The molecule has 0 unspecified atom stereocenters. The maximum absolute atomic E-state index is 14.4. The van der Waals surface area contributed by atoms with Gasteiger partial charge in [0.05, 0.1) is 0 Å². The van der Waals surface area contributed by atoms with Gasteiger partial charge in [-0.2, -0.15) is 0 Å². The van der Waals surface area contributed by atoms with Crippen LogP contribution in [0.15, 0.2) is 152 Å². The smallest absolute Gasteiger partial charge is 0.256 e. The first kappa shape index (κ1) is 22.7. The highest BCUT2D eigenvalue weighted by molar-refractivity contribution is 7.95. The van der Waals surface area contributed by atoms with Crippen molar-refractivity contribution in [1.29, 1.82) is 0 Å². The first-order valence-corrected chi connectivity index (χ1v) is 13.5. The number of para-hydroxylation sites is 2. The number of amides is 1. The molecule has 0 N–H and O–H groups in total. The van der Waals surface area contributed by atoms with Crippen LogP contribution in [0.4, 0.5) is 11.4 Å². The molecule has 0 aliphatic rings. The van der Waals surface area contributed by atoms with Gasteiger partial charge in [0, 0.05) is 17.2 Å². The zero-order valence-electron chi connectivity index (χ0n) is 19.3. The molecule has 0 heterocycles. The Kier molecular flexibility index (Phi) is 6.75. The van der Waals surface area contributed by atoms with Crippen LogP contribution in [0.1, 0.15) is 0 Å². The Labute approximate surface area is 207 Å². The van der Waals surface area contributed by atoms with E-state index in [1.807, 2.05) is 89.6 Å². The normalized spacial score (nSPS) is 11.0. The van der Waals surface area contributed by atoms with E-state index in [0.717, 1.165) is 27.3 Å². The molecular formula is C32H26NOP. The van der Waals surface area contributed by atoms with Crippen LogP contribution in [-0.4, -0.2) is 11.7 Å². The summed E-state index contributed by atoms with van der Waals surface area (Å²) in [6, 6.07) is 51.0. The van der Waals surface area contributed by atoms with Gasteiger partial charge in [-0.15, -0.1) is 0 Å². The van der Waals surface area contributed by atoms with Gasteiger partial charge in [-0.3, -0.25) is 9.69 Å². The van der Waals surface area contributed by atoms with Crippen LogP contribution in [0.3, 0.4) is 0 Å². The summed E-state index contributed by atoms with van der Waals surface area (Å²) in [6.45, 7) is -2.42. The van der Waals surface area contributed by atoms with Gasteiger partial charge >= 0.3 is 0 Å². The molecule has 0 spiro atoms. The van der Waals surface area contributed by atoms with Crippen molar-refractivity contribution in [3.05, 3.63) is 152 Å². The average Bonchev–Trinajstić information content (AvgIpc) is 2.94. The van der Waals surface area contributed by atoms with Crippen molar-refractivity contribution in [3.8, 4) is 0 Å². The van der Waals surface area contributed by atoms with Crippen molar-refractivity contribution < 1.29 is 4.79 Å². The second-order valence-corrected chi connectivity index (χ2v) is 11.5. The third-order valence-corrected chi connectivity index (χ3v) is 9.99. The molecule has 5 aromatic rings. The number of hydrogen-bond donors (Lipinski definition) is 0. The van der Waals surface area contributed by atoms with Crippen molar-refractivity contribution in [1.82, 2.24) is 0 Å². The molecule has 1 amide bonds. The van der Waals surface area contributed by atoms with Gasteiger partial charge in [0.15, 0.2) is 0 Å². The minimum absolute atomic E-state index is 0.0488. The molecule has 35 heavy (non-hydrogen) atoms. The lowest BCUT2D eigenvalue weighted by Gasteiger charge is -2.30. The van der Waals surface area contributed by atoms with Gasteiger partial charge in [0.25, 0.3) is 5.91 Å². The Morgan fingerprint density at radius 2 is 0.743 bits per heavy atom. The van der Waals surface area contributed by atoms with Gasteiger partial charge < -0.3 is 0 Å². The lowest BCUT2D eigenvalue weighted by atomic mass is 10.2. The molecule has 0 radical (unpaired) electrons. The molecule has 0 saturated heterocycles. The molecule has 0 bridgehead atoms. The molecule has 0 atom stereocenters. The molecule has 3 heteroatoms. The highest BCUT2D eigenvalue weighted by Crippen LogP contribution is 2.44. The number of benzene rings is 5. The number of carbonyl (C=O) groups excluding carboxylic acids is 1. The number of hydrogen-bond acceptors (Lipinski definition) is 1. The third kappa shape index (κ3) is 4.62. The fraction of sp³-hybridized carbons (Fsp3) is 0. The standard InChI is InChI=1S/C32H26NOP/c34-32(33(27-16-6-1-7-17-27)28-18-8-2-9-19-28)26-35(29-20-10-3-11-21-29,30-22-12-4-13-23-30)31-24-14-5-15-25-31/h1-26H. The van der Waals surface area contributed by atoms with Gasteiger partial charge in [-0.05, 0) is 47.1 Å². The van der Waals surface area contributed by atoms with Crippen molar-refractivity contribution in [3.63, 3.8) is 0 Å². The van der Waals surface area contributed by atoms with Crippen LogP contribution in [-0.2, 0) is 4.79 Å². The summed E-state index contributed by atoms with van der Waals surface area (Å²) in [6.07, 6.45) is 0. The Bertz CT molecular complexity index is 1290. The highest BCUT2D eigenvalue weighted by Gasteiger charge is 2.28. The molecular weight excluding hydrogens is 445 g/mol. The van der Waals surface area contributed by atoms with Crippen LogP contribution in [0.5, 0.6) is 0 Å². The topological polar surface area (TPSA) is 20.3 Å². The Morgan fingerprint density at radius 3 is 1.06 bits per heavy atom. The molecule has 0 aliphatic heterocycles. The van der Waals surface area contributed by atoms with E-state index in [-0.39, 0.29) is 5.91 Å². The fourth-order valence-electron chi connectivity index (χ4n) is 4.44. The van der Waals surface area contributed by atoms with Crippen LogP contribution in [0.25, 0.3) is 0 Å². The van der Waals surface area contributed by atoms with Gasteiger partial charge in [0.2, 0.25) is 0 Å². The predicted molar refractivity (Wildman–Crippen MR) is 151 cm³/mol. The molecule has 0 saturated carbocycles. The Balaban J connectivity index is 1.82. The summed E-state index contributed by atoms with van der Waals surface area (Å²) < 4.78 is 0. The lowest BCUT2D eigenvalue weighted by Crippen LogP contribution is -2.33. The van der Waals surface area contributed by atoms with Crippen molar-refractivity contribution in [2.75, 3.05) is 4.90 Å². The minimum Gasteiger partial charge on any atom is -0.277 e. The monoisotopic (exact) mass is 471 g/mol. The summed E-state index contributed by atoms with van der Waals surface area (Å²) in [5, 5.41) is 3.44. The maximum atomic E-state index is 14.4. The van der Waals surface area contributed by atoms with E-state index in [9.17, 15) is 4.79 Å². The molecule has 0 aliphatic carbocycles.